The first-order chi connectivity index (χ1) is 10.1. The van der Waals surface area contributed by atoms with Crippen LogP contribution in [0.4, 0.5) is 0 Å². The van der Waals surface area contributed by atoms with Crippen molar-refractivity contribution >= 4 is 17.5 Å². The zero-order valence-electron chi connectivity index (χ0n) is 12.2. The highest BCUT2D eigenvalue weighted by Gasteiger charge is 2.26. The van der Waals surface area contributed by atoms with E-state index in [4.69, 9.17) is 11.6 Å². The number of carbonyl (C=O) groups is 1. The molecule has 0 spiro atoms. The first-order valence-corrected chi connectivity index (χ1v) is 7.59. The van der Waals surface area contributed by atoms with Gasteiger partial charge in [0.2, 0.25) is 0 Å². The summed E-state index contributed by atoms with van der Waals surface area (Å²) in [6.45, 7) is 5.28. The molecule has 2 aromatic rings. The molecule has 1 aromatic carbocycles. The van der Waals surface area contributed by atoms with Gasteiger partial charge in [-0.2, -0.15) is 5.10 Å². The topological polar surface area (TPSA) is 49.0 Å². The maximum Gasteiger partial charge on any atom is 0.274 e. The maximum absolute atomic E-state index is 12.7. The largest absolute Gasteiger partial charge is 0.333 e. The average molecular weight is 304 g/mol. The van der Waals surface area contributed by atoms with Crippen LogP contribution in [0.25, 0.3) is 0 Å². The lowest BCUT2D eigenvalue weighted by molar-refractivity contribution is 0.0728. The summed E-state index contributed by atoms with van der Waals surface area (Å²) in [7, 11) is 0. The number of carbonyl (C=O) groups excluding carboxylic acids is 1. The highest BCUT2D eigenvalue weighted by atomic mass is 35.5. The minimum absolute atomic E-state index is 0.00549. The van der Waals surface area contributed by atoms with Crippen LogP contribution in [0.1, 0.15) is 39.8 Å². The molecule has 1 N–H and O–H groups in total. The van der Waals surface area contributed by atoms with E-state index in [1.807, 2.05) is 36.9 Å². The lowest BCUT2D eigenvalue weighted by atomic mass is 9.99. The van der Waals surface area contributed by atoms with Gasteiger partial charge >= 0.3 is 0 Å². The SMILES string of the molecule is CCc1[nH]nc(C(=O)N2CCc3c(Cl)cccc3C2)c1C. The highest BCUT2D eigenvalue weighted by Crippen LogP contribution is 2.27. The molecule has 0 atom stereocenters. The lowest BCUT2D eigenvalue weighted by Gasteiger charge is -2.29. The second-order valence-corrected chi connectivity index (χ2v) is 5.79. The summed E-state index contributed by atoms with van der Waals surface area (Å²) in [6, 6.07) is 5.88. The quantitative estimate of drug-likeness (QED) is 0.926. The Morgan fingerprint density at radius 2 is 2.29 bits per heavy atom. The Kier molecular flexibility index (Phi) is 3.72. The normalized spacial score (nSPS) is 14.1. The van der Waals surface area contributed by atoms with Crippen molar-refractivity contribution in [1.29, 1.82) is 0 Å². The number of benzene rings is 1. The van der Waals surface area contributed by atoms with Crippen LogP contribution in [-0.4, -0.2) is 27.5 Å². The smallest absolute Gasteiger partial charge is 0.274 e. The summed E-state index contributed by atoms with van der Waals surface area (Å²) in [4.78, 5) is 14.5. The van der Waals surface area contributed by atoms with Crippen LogP contribution in [-0.2, 0) is 19.4 Å². The van der Waals surface area contributed by atoms with Crippen LogP contribution in [0.2, 0.25) is 5.02 Å². The molecule has 1 aliphatic rings. The Balaban J connectivity index is 1.85. The third-order valence-corrected chi connectivity index (χ3v) is 4.52. The number of aromatic amines is 1. The van der Waals surface area contributed by atoms with Gasteiger partial charge in [0.25, 0.3) is 5.91 Å². The summed E-state index contributed by atoms with van der Waals surface area (Å²) < 4.78 is 0. The van der Waals surface area contributed by atoms with E-state index in [1.54, 1.807) is 0 Å². The van der Waals surface area contributed by atoms with Gasteiger partial charge in [-0.15, -0.1) is 0 Å². The molecule has 0 saturated carbocycles. The zero-order valence-corrected chi connectivity index (χ0v) is 13.0. The van der Waals surface area contributed by atoms with Crippen molar-refractivity contribution < 1.29 is 4.79 Å². The van der Waals surface area contributed by atoms with Gasteiger partial charge in [-0.25, -0.2) is 0 Å². The van der Waals surface area contributed by atoms with Gasteiger partial charge < -0.3 is 4.90 Å². The molecule has 1 aromatic heterocycles. The molecule has 2 heterocycles. The molecule has 0 unspecified atom stereocenters. The summed E-state index contributed by atoms with van der Waals surface area (Å²) >= 11 is 6.21. The third-order valence-electron chi connectivity index (χ3n) is 4.16. The van der Waals surface area contributed by atoms with Crippen LogP contribution in [0, 0.1) is 6.92 Å². The molecule has 110 valence electrons. The number of aromatic nitrogens is 2. The monoisotopic (exact) mass is 303 g/mol. The van der Waals surface area contributed by atoms with E-state index < -0.39 is 0 Å². The highest BCUT2D eigenvalue weighted by molar-refractivity contribution is 6.31. The Morgan fingerprint density at radius 1 is 1.48 bits per heavy atom. The minimum atomic E-state index is -0.00549. The van der Waals surface area contributed by atoms with Crippen molar-refractivity contribution in [2.24, 2.45) is 0 Å². The van der Waals surface area contributed by atoms with Gasteiger partial charge in [0.15, 0.2) is 5.69 Å². The average Bonchev–Trinajstić information content (AvgIpc) is 2.87. The van der Waals surface area contributed by atoms with Gasteiger partial charge in [0.1, 0.15) is 0 Å². The van der Waals surface area contributed by atoms with E-state index in [0.29, 0.717) is 18.8 Å². The van der Waals surface area contributed by atoms with Gasteiger partial charge in [0.05, 0.1) is 0 Å². The molecule has 1 amide bonds. The van der Waals surface area contributed by atoms with Crippen molar-refractivity contribution in [2.45, 2.75) is 33.2 Å². The Labute approximate surface area is 129 Å². The Morgan fingerprint density at radius 3 is 3.00 bits per heavy atom. The zero-order chi connectivity index (χ0) is 15.0. The van der Waals surface area contributed by atoms with Crippen LogP contribution in [0.15, 0.2) is 18.2 Å². The van der Waals surface area contributed by atoms with Crippen LogP contribution >= 0.6 is 11.6 Å². The molecular formula is C16H18ClN3O. The number of nitrogens with zero attached hydrogens (tertiary/aromatic N) is 2. The number of nitrogens with one attached hydrogen (secondary N) is 1. The summed E-state index contributed by atoms with van der Waals surface area (Å²) in [6.07, 6.45) is 1.65. The molecule has 5 heteroatoms. The summed E-state index contributed by atoms with van der Waals surface area (Å²) in [5.41, 5.74) is 4.82. The molecule has 0 fully saturated rings. The Hall–Kier alpha value is -1.81. The van der Waals surface area contributed by atoms with Crippen molar-refractivity contribution in [3.05, 3.63) is 51.3 Å². The molecule has 21 heavy (non-hydrogen) atoms. The van der Waals surface area contributed by atoms with E-state index in [1.165, 1.54) is 0 Å². The van der Waals surface area contributed by atoms with Gasteiger partial charge in [-0.1, -0.05) is 30.7 Å². The van der Waals surface area contributed by atoms with E-state index >= 15 is 0 Å². The van der Waals surface area contributed by atoms with Gasteiger partial charge in [-0.3, -0.25) is 9.89 Å². The van der Waals surface area contributed by atoms with Crippen molar-refractivity contribution in [3.63, 3.8) is 0 Å². The molecule has 0 bridgehead atoms. The second kappa shape index (κ2) is 5.53. The lowest BCUT2D eigenvalue weighted by Crippen LogP contribution is -2.36. The van der Waals surface area contributed by atoms with Crippen LogP contribution in [0.3, 0.4) is 0 Å². The molecule has 4 nitrogen and oxygen atoms in total. The van der Waals surface area contributed by atoms with Crippen LogP contribution < -0.4 is 0 Å². The van der Waals surface area contributed by atoms with E-state index in [9.17, 15) is 4.79 Å². The van der Waals surface area contributed by atoms with Crippen molar-refractivity contribution in [3.8, 4) is 0 Å². The number of amides is 1. The Bertz CT molecular complexity index is 693. The molecule has 0 radical (unpaired) electrons. The van der Waals surface area contributed by atoms with E-state index in [2.05, 4.69) is 10.2 Å². The van der Waals surface area contributed by atoms with Crippen molar-refractivity contribution in [1.82, 2.24) is 15.1 Å². The number of rotatable bonds is 2. The number of hydrogen-bond donors (Lipinski definition) is 1. The van der Waals surface area contributed by atoms with E-state index in [-0.39, 0.29) is 5.91 Å². The van der Waals surface area contributed by atoms with Gasteiger partial charge in [-0.05, 0) is 37.0 Å². The van der Waals surface area contributed by atoms with Crippen LogP contribution in [0.5, 0.6) is 0 Å². The van der Waals surface area contributed by atoms with E-state index in [0.717, 1.165) is 40.2 Å². The number of fused-ring (bicyclic) bond motifs is 1. The fourth-order valence-corrected chi connectivity index (χ4v) is 3.16. The fourth-order valence-electron chi connectivity index (χ4n) is 2.87. The minimum Gasteiger partial charge on any atom is -0.333 e. The number of hydrogen-bond acceptors (Lipinski definition) is 2. The predicted molar refractivity (Wildman–Crippen MR) is 82.6 cm³/mol. The number of halogens is 1. The summed E-state index contributed by atoms with van der Waals surface area (Å²) in [5, 5.41) is 7.94. The van der Waals surface area contributed by atoms with Gasteiger partial charge in [0, 0.05) is 29.4 Å². The standard InChI is InChI=1S/C16H18ClN3O/c1-3-14-10(2)15(19-18-14)16(21)20-8-7-12-11(9-20)5-4-6-13(12)17/h4-6H,3,7-9H2,1-2H3,(H,18,19). The molecule has 0 aliphatic carbocycles. The number of H-pyrrole nitrogens is 1. The summed E-state index contributed by atoms with van der Waals surface area (Å²) in [5.74, 6) is -0.00549. The molecular weight excluding hydrogens is 286 g/mol. The van der Waals surface area contributed by atoms with Crippen molar-refractivity contribution in [2.75, 3.05) is 6.54 Å². The molecule has 1 aliphatic heterocycles. The number of aryl methyl sites for hydroxylation is 1. The third kappa shape index (κ3) is 2.44. The first-order valence-electron chi connectivity index (χ1n) is 7.21. The fraction of sp³-hybridized carbons (Fsp3) is 0.375. The second-order valence-electron chi connectivity index (χ2n) is 5.38. The first kappa shape index (κ1) is 14.1. The maximum atomic E-state index is 12.7. The molecule has 3 rings (SSSR count). The molecule has 0 saturated heterocycles. The predicted octanol–water partition coefficient (Wildman–Crippen LogP) is 3.13.